The van der Waals surface area contributed by atoms with E-state index < -0.39 is 0 Å². The van der Waals surface area contributed by atoms with Crippen molar-refractivity contribution in [1.82, 2.24) is 15.1 Å². The first-order valence-electron chi connectivity index (χ1n) is 9.95. The normalized spacial score (nSPS) is 20.3. The van der Waals surface area contributed by atoms with E-state index in [0.717, 1.165) is 19.3 Å². The molecule has 3 amide bonds. The molecule has 146 valence electrons. The summed E-state index contributed by atoms with van der Waals surface area (Å²) in [5.74, 6) is 1.26. The summed E-state index contributed by atoms with van der Waals surface area (Å²) >= 11 is 0. The number of ether oxygens (including phenoxy) is 2. The van der Waals surface area contributed by atoms with E-state index in [0.29, 0.717) is 49.3 Å². The summed E-state index contributed by atoms with van der Waals surface area (Å²) in [6.07, 6.45) is 6.61. The van der Waals surface area contributed by atoms with Crippen molar-refractivity contribution in [2.45, 2.75) is 44.6 Å². The van der Waals surface area contributed by atoms with E-state index in [1.54, 1.807) is 18.2 Å². The Morgan fingerprint density at radius 1 is 0.889 bits per heavy atom. The summed E-state index contributed by atoms with van der Waals surface area (Å²) in [4.78, 5) is 29.1. The molecule has 1 aromatic carbocycles. The first kappa shape index (κ1) is 17.9. The van der Waals surface area contributed by atoms with Crippen molar-refractivity contribution < 1.29 is 19.1 Å². The zero-order valence-corrected chi connectivity index (χ0v) is 15.6. The molecule has 1 aromatic rings. The molecule has 0 unspecified atom stereocenters. The van der Waals surface area contributed by atoms with Gasteiger partial charge in [-0.2, -0.15) is 0 Å². The van der Waals surface area contributed by atoms with Gasteiger partial charge in [-0.05, 0) is 37.5 Å². The van der Waals surface area contributed by atoms with Crippen LogP contribution >= 0.6 is 0 Å². The van der Waals surface area contributed by atoms with Crippen molar-refractivity contribution in [3.05, 3.63) is 23.8 Å². The molecule has 0 atom stereocenters. The number of hydrogen-bond donors (Lipinski definition) is 1. The van der Waals surface area contributed by atoms with Gasteiger partial charge in [0.1, 0.15) is 0 Å². The van der Waals surface area contributed by atoms with Gasteiger partial charge >= 0.3 is 6.03 Å². The number of rotatable bonds is 2. The molecule has 2 fully saturated rings. The maximum Gasteiger partial charge on any atom is 0.317 e. The summed E-state index contributed by atoms with van der Waals surface area (Å²) in [5, 5.41) is 3.17. The molecule has 0 spiro atoms. The molecule has 1 saturated carbocycles. The van der Waals surface area contributed by atoms with Crippen molar-refractivity contribution in [1.29, 1.82) is 0 Å². The number of carbonyl (C=O) groups excluding carboxylic acids is 2. The molecule has 1 saturated heterocycles. The quantitative estimate of drug-likeness (QED) is 0.865. The Morgan fingerprint density at radius 2 is 1.63 bits per heavy atom. The summed E-state index contributed by atoms with van der Waals surface area (Å²) in [6.45, 7) is 2.64. The lowest BCUT2D eigenvalue weighted by Gasteiger charge is -2.27. The number of hydrogen-bond acceptors (Lipinski definition) is 4. The Labute approximate surface area is 159 Å². The number of benzene rings is 1. The highest BCUT2D eigenvalue weighted by Gasteiger charge is 2.25. The van der Waals surface area contributed by atoms with Crippen LogP contribution in [-0.4, -0.2) is 60.8 Å². The van der Waals surface area contributed by atoms with Gasteiger partial charge in [0.05, 0.1) is 0 Å². The first-order valence-corrected chi connectivity index (χ1v) is 9.95. The molecule has 1 aliphatic carbocycles. The minimum atomic E-state index is -0.0251. The average molecular weight is 373 g/mol. The van der Waals surface area contributed by atoms with Gasteiger partial charge in [0, 0.05) is 37.8 Å². The van der Waals surface area contributed by atoms with Gasteiger partial charge in [0.25, 0.3) is 5.91 Å². The van der Waals surface area contributed by atoms with Crippen LogP contribution in [0.2, 0.25) is 0 Å². The highest BCUT2D eigenvalue weighted by Crippen LogP contribution is 2.32. The zero-order chi connectivity index (χ0) is 18.6. The molecule has 1 N–H and O–H groups in total. The first-order chi connectivity index (χ1) is 13.2. The molecular formula is C20H27N3O4. The zero-order valence-electron chi connectivity index (χ0n) is 15.6. The fourth-order valence-electron chi connectivity index (χ4n) is 4.05. The SMILES string of the molecule is O=C(NC1CCCCC1)N1CCCN(C(=O)c2ccc3c(c2)OCO3)CC1. The van der Waals surface area contributed by atoms with E-state index in [2.05, 4.69) is 5.32 Å². The van der Waals surface area contributed by atoms with Gasteiger partial charge in [0.15, 0.2) is 11.5 Å². The Kier molecular flexibility index (Phi) is 5.36. The van der Waals surface area contributed by atoms with Crippen LogP contribution in [-0.2, 0) is 0 Å². The molecule has 0 radical (unpaired) electrons. The summed E-state index contributed by atoms with van der Waals surface area (Å²) in [6, 6.07) is 5.61. The lowest BCUT2D eigenvalue weighted by Crippen LogP contribution is -2.46. The molecule has 0 bridgehead atoms. The largest absolute Gasteiger partial charge is 0.454 e. The van der Waals surface area contributed by atoms with Crippen LogP contribution in [0.3, 0.4) is 0 Å². The van der Waals surface area contributed by atoms with Crippen molar-refractivity contribution in [3.8, 4) is 11.5 Å². The predicted octanol–water partition coefficient (Wildman–Crippen LogP) is 2.61. The Hall–Kier alpha value is -2.44. The highest BCUT2D eigenvalue weighted by atomic mass is 16.7. The number of nitrogens with one attached hydrogen (secondary N) is 1. The second kappa shape index (κ2) is 8.06. The number of nitrogens with zero attached hydrogens (tertiary/aromatic N) is 2. The van der Waals surface area contributed by atoms with Crippen molar-refractivity contribution in [2.75, 3.05) is 33.0 Å². The fraction of sp³-hybridized carbons (Fsp3) is 0.600. The Morgan fingerprint density at radius 3 is 2.48 bits per heavy atom. The Balaban J connectivity index is 1.33. The van der Waals surface area contributed by atoms with Crippen molar-refractivity contribution >= 4 is 11.9 Å². The van der Waals surface area contributed by atoms with Crippen LogP contribution in [0, 0.1) is 0 Å². The van der Waals surface area contributed by atoms with Gasteiger partial charge in [-0.25, -0.2) is 4.79 Å². The number of carbonyl (C=O) groups is 2. The van der Waals surface area contributed by atoms with E-state index in [1.165, 1.54) is 19.3 Å². The molecule has 2 heterocycles. The number of fused-ring (bicyclic) bond motifs is 1. The third kappa shape index (κ3) is 4.12. The van der Waals surface area contributed by atoms with E-state index in [4.69, 9.17) is 9.47 Å². The fourth-order valence-corrected chi connectivity index (χ4v) is 4.05. The average Bonchev–Trinajstić information content (AvgIpc) is 3.02. The molecule has 3 aliphatic rings. The monoisotopic (exact) mass is 373 g/mol. The molecule has 7 nitrogen and oxygen atoms in total. The molecular weight excluding hydrogens is 346 g/mol. The summed E-state index contributed by atoms with van der Waals surface area (Å²) in [7, 11) is 0. The van der Waals surface area contributed by atoms with Crippen LogP contribution in [0.5, 0.6) is 11.5 Å². The lowest BCUT2D eigenvalue weighted by atomic mass is 9.96. The van der Waals surface area contributed by atoms with E-state index >= 15 is 0 Å². The maximum atomic E-state index is 12.9. The lowest BCUT2D eigenvalue weighted by molar-refractivity contribution is 0.0761. The standard InChI is InChI=1S/C20H27N3O4/c24-19(15-7-8-17-18(13-15)27-14-26-17)22-9-4-10-23(12-11-22)20(25)21-16-5-2-1-3-6-16/h7-8,13,16H,1-6,9-12,14H2,(H,21,25). The van der Waals surface area contributed by atoms with Gasteiger partial charge in [-0.15, -0.1) is 0 Å². The number of urea groups is 1. The summed E-state index contributed by atoms with van der Waals surface area (Å²) in [5.41, 5.74) is 0.597. The molecule has 0 aromatic heterocycles. The van der Waals surface area contributed by atoms with E-state index in [-0.39, 0.29) is 18.7 Å². The van der Waals surface area contributed by atoms with Gasteiger partial charge in [-0.3, -0.25) is 4.79 Å². The molecule has 27 heavy (non-hydrogen) atoms. The van der Waals surface area contributed by atoms with Crippen LogP contribution in [0.4, 0.5) is 4.79 Å². The molecule has 2 aliphatic heterocycles. The summed E-state index contributed by atoms with van der Waals surface area (Å²) < 4.78 is 10.7. The van der Waals surface area contributed by atoms with Gasteiger partial charge < -0.3 is 24.6 Å². The van der Waals surface area contributed by atoms with Crippen LogP contribution in [0.15, 0.2) is 18.2 Å². The minimum Gasteiger partial charge on any atom is -0.454 e. The van der Waals surface area contributed by atoms with Crippen LogP contribution < -0.4 is 14.8 Å². The second-order valence-corrected chi connectivity index (χ2v) is 7.49. The van der Waals surface area contributed by atoms with Crippen LogP contribution in [0.25, 0.3) is 0 Å². The van der Waals surface area contributed by atoms with Crippen LogP contribution in [0.1, 0.15) is 48.9 Å². The van der Waals surface area contributed by atoms with Crippen molar-refractivity contribution in [3.63, 3.8) is 0 Å². The predicted molar refractivity (Wildman–Crippen MR) is 100 cm³/mol. The van der Waals surface area contributed by atoms with E-state index in [9.17, 15) is 9.59 Å². The molecule has 7 heteroatoms. The maximum absolute atomic E-state index is 12.9. The highest BCUT2D eigenvalue weighted by molar-refractivity contribution is 5.95. The molecule has 4 rings (SSSR count). The third-order valence-corrected chi connectivity index (χ3v) is 5.62. The topological polar surface area (TPSA) is 71.1 Å². The second-order valence-electron chi connectivity index (χ2n) is 7.49. The smallest absolute Gasteiger partial charge is 0.317 e. The minimum absolute atomic E-state index is 0.0132. The van der Waals surface area contributed by atoms with Crippen molar-refractivity contribution in [2.24, 2.45) is 0 Å². The van der Waals surface area contributed by atoms with Gasteiger partial charge in [-0.1, -0.05) is 19.3 Å². The number of amides is 3. The van der Waals surface area contributed by atoms with Gasteiger partial charge in [0.2, 0.25) is 6.79 Å². The third-order valence-electron chi connectivity index (χ3n) is 5.62. The van der Waals surface area contributed by atoms with E-state index in [1.807, 2.05) is 9.80 Å². The Bertz CT molecular complexity index is 702.